The van der Waals surface area contributed by atoms with Gasteiger partial charge in [0.05, 0.1) is 17.1 Å². The summed E-state index contributed by atoms with van der Waals surface area (Å²) >= 11 is 12.5. The number of alkyl halides is 3. The highest BCUT2D eigenvalue weighted by Crippen LogP contribution is 2.43. The van der Waals surface area contributed by atoms with E-state index in [0.29, 0.717) is 32.1 Å². The molecule has 0 radical (unpaired) electrons. The van der Waals surface area contributed by atoms with E-state index in [2.05, 4.69) is 4.98 Å². The van der Waals surface area contributed by atoms with Crippen LogP contribution in [0, 0.1) is 5.92 Å². The Labute approximate surface area is 162 Å². The van der Waals surface area contributed by atoms with Gasteiger partial charge < -0.3 is 0 Å². The van der Waals surface area contributed by atoms with Crippen LogP contribution in [0.5, 0.6) is 0 Å². The number of hydrogen-bond acceptors (Lipinski definition) is 2. The summed E-state index contributed by atoms with van der Waals surface area (Å²) in [6.45, 7) is 0. The number of carbonyl (C=O) groups is 1. The molecule has 2 nitrogen and oxygen atoms in total. The first-order valence-corrected chi connectivity index (χ1v) is 8.98. The molecule has 0 saturated carbocycles. The van der Waals surface area contributed by atoms with Gasteiger partial charge in [0.1, 0.15) is 0 Å². The maximum Gasteiger partial charge on any atom is 0.392 e. The summed E-state index contributed by atoms with van der Waals surface area (Å²) in [4.78, 5) is 17.1. The van der Waals surface area contributed by atoms with Crippen molar-refractivity contribution < 1.29 is 18.0 Å². The third-order valence-corrected chi connectivity index (χ3v) is 5.34. The van der Waals surface area contributed by atoms with Crippen molar-refractivity contribution >= 4 is 39.9 Å². The predicted octanol–water partition coefficient (Wildman–Crippen LogP) is 6.52. The number of halogens is 5. The second-order valence-electron chi connectivity index (χ2n) is 6.52. The van der Waals surface area contributed by atoms with Gasteiger partial charge in [-0.1, -0.05) is 41.4 Å². The van der Waals surface area contributed by atoms with Crippen LogP contribution in [-0.2, 0) is 6.42 Å². The van der Waals surface area contributed by atoms with Crippen LogP contribution in [-0.4, -0.2) is 16.9 Å². The van der Waals surface area contributed by atoms with E-state index in [1.807, 2.05) is 0 Å². The predicted molar refractivity (Wildman–Crippen MR) is 99.4 cm³/mol. The summed E-state index contributed by atoms with van der Waals surface area (Å²) in [7, 11) is 0. The molecule has 1 atom stereocenters. The van der Waals surface area contributed by atoms with Gasteiger partial charge in [0.2, 0.25) is 0 Å². The van der Waals surface area contributed by atoms with E-state index in [9.17, 15) is 18.0 Å². The fourth-order valence-electron chi connectivity index (χ4n) is 3.54. The van der Waals surface area contributed by atoms with E-state index in [0.717, 1.165) is 0 Å². The topological polar surface area (TPSA) is 30.0 Å². The minimum atomic E-state index is -4.45. The van der Waals surface area contributed by atoms with Crippen molar-refractivity contribution in [2.75, 3.05) is 0 Å². The molecule has 1 aromatic heterocycles. The van der Waals surface area contributed by atoms with E-state index in [1.165, 1.54) is 0 Å². The number of Topliss-reactive ketones (excluding diaryl/α,β-unsaturated/α-hetero) is 1. The van der Waals surface area contributed by atoms with Gasteiger partial charge in [-0.3, -0.25) is 9.78 Å². The number of carbonyl (C=O) groups excluding carboxylic acids is 1. The Morgan fingerprint density at radius 1 is 1.00 bits per heavy atom. The van der Waals surface area contributed by atoms with Gasteiger partial charge in [0, 0.05) is 45.0 Å². The fourth-order valence-corrected chi connectivity index (χ4v) is 3.94. The number of aromatic nitrogens is 1. The van der Waals surface area contributed by atoms with Gasteiger partial charge >= 0.3 is 6.18 Å². The van der Waals surface area contributed by atoms with Crippen molar-refractivity contribution in [2.45, 2.75) is 19.0 Å². The molecule has 0 fully saturated rings. The molecule has 1 unspecified atom stereocenters. The second-order valence-corrected chi connectivity index (χ2v) is 7.36. The summed E-state index contributed by atoms with van der Waals surface area (Å²) < 4.78 is 39.7. The van der Waals surface area contributed by atoms with Crippen molar-refractivity contribution in [2.24, 2.45) is 5.92 Å². The molecule has 1 heterocycles. The Bertz CT molecular complexity index is 1080. The Morgan fingerprint density at radius 2 is 1.74 bits per heavy atom. The smallest absolute Gasteiger partial charge is 0.294 e. The monoisotopic (exact) mass is 409 g/mol. The standard InChI is InChI=1S/C20H12Cl2F3NO/c21-11-5-6-15-13(9-11)18(12-3-1-2-4-14(12)22)19-16(26-15)7-10(8-17(19)27)20(23,24)25/h1-6,9-10H,7-8H2. The van der Waals surface area contributed by atoms with Gasteiger partial charge in [0.15, 0.2) is 5.78 Å². The first kappa shape index (κ1) is 18.3. The van der Waals surface area contributed by atoms with Crippen molar-refractivity contribution in [3.8, 4) is 11.1 Å². The number of rotatable bonds is 1. The summed E-state index contributed by atoms with van der Waals surface area (Å²) in [6.07, 6.45) is -5.38. The normalized spacial score (nSPS) is 17.2. The van der Waals surface area contributed by atoms with Crippen LogP contribution in [0.2, 0.25) is 10.0 Å². The van der Waals surface area contributed by atoms with Gasteiger partial charge in [-0.05, 0) is 24.3 Å². The van der Waals surface area contributed by atoms with Crippen LogP contribution in [0.1, 0.15) is 22.5 Å². The summed E-state index contributed by atoms with van der Waals surface area (Å²) in [5.41, 5.74) is 1.90. The zero-order chi connectivity index (χ0) is 19.3. The minimum absolute atomic E-state index is 0.151. The van der Waals surface area contributed by atoms with Gasteiger partial charge in [-0.15, -0.1) is 0 Å². The van der Waals surface area contributed by atoms with Crippen LogP contribution >= 0.6 is 23.2 Å². The highest BCUT2D eigenvalue weighted by molar-refractivity contribution is 6.34. The Balaban J connectivity index is 2.07. The third-order valence-electron chi connectivity index (χ3n) is 4.78. The van der Waals surface area contributed by atoms with E-state index in [-0.39, 0.29) is 17.7 Å². The molecular formula is C20H12Cl2F3NO. The van der Waals surface area contributed by atoms with Gasteiger partial charge in [-0.2, -0.15) is 13.2 Å². The number of pyridine rings is 1. The average Bonchev–Trinajstić information content (AvgIpc) is 2.60. The summed E-state index contributed by atoms with van der Waals surface area (Å²) in [5.74, 6) is -2.31. The lowest BCUT2D eigenvalue weighted by Gasteiger charge is -2.27. The number of fused-ring (bicyclic) bond motifs is 2. The van der Waals surface area contributed by atoms with E-state index in [4.69, 9.17) is 23.2 Å². The Hall–Kier alpha value is -2.11. The van der Waals surface area contributed by atoms with Crippen molar-refractivity contribution in [1.29, 1.82) is 0 Å². The minimum Gasteiger partial charge on any atom is -0.294 e. The molecule has 1 aliphatic carbocycles. The van der Waals surface area contributed by atoms with Crippen LogP contribution in [0.15, 0.2) is 42.5 Å². The number of benzene rings is 2. The Morgan fingerprint density at radius 3 is 2.44 bits per heavy atom. The highest BCUT2D eigenvalue weighted by Gasteiger charge is 2.45. The molecule has 3 aromatic rings. The van der Waals surface area contributed by atoms with Crippen LogP contribution in [0.4, 0.5) is 13.2 Å². The first-order valence-electron chi connectivity index (χ1n) is 8.22. The lowest BCUT2D eigenvalue weighted by atomic mass is 9.81. The molecule has 0 saturated heterocycles. The third kappa shape index (κ3) is 3.19. The van der Waals surface area contributed by atoms with Crippen molar-refractivity contribution in [3.05, 3.63) is 63.8 Å². The van der Waals surface area contributed by atoms with Crippen LogP contribution in [0.3, 0.4) is 0 Å². The lowest BCUT2D eigenvalue weighted by Crippen LogP contribution is -2.32. The zero-order valence-electron chi connectivity index (χ0n) is 13.8. The molecular weight excluding hydrogens is 398 g/mol. The second kappa shape index (κ2) is 6.50. The lowest BCUT2D eigenvalue weighted by molar-refractivity contribution is -0.174. The van der Waals surface area contributed by atoms with Crippen LogP contribution < -0.4 is 0 Å². The summed E-state index contributed by atoms with van der Waals surface area (Å²) in [6, 6.07) is 11.8. The van der Waals surface area contributed by atoms with E-state index in [1.54, 1.807) is 42.5 Å². The molecule has 0 aliphatic heterocycles. The molecule has 0 amide bonds. The molecule has 4 rings (SSSR count). The molecule has 27 heavy (non-hydrogen) atoms. The molecule has 138 valence electrons. The maximum absolute atomic E-state index is 13.2. The van der Waals surface area contributed by atoms with E-state index >= 15 is 0 Å². The SMILES string of the molecule is O=C1CC(C(F)(F)F)Cc2nc3ccc(Cl)cc3c(-c3ccccc3Cl)c21. The number of hydrogen-bond donors (Lipinski definition) is 0. The molecule has 0 spiro atoms. The molecule has 1 aliphatic rings. The van der Waals surface area contributed by atoms with Crippen molar-refractivity contribution in [1.82, 2.24) is 4.98 Å². The Kier molecular flexibility index (Phi) is 4.40. The van der Waals surface area contributed by atoms with Gasteiger partial charge in [0.25, 0.3) is 0 Å². The molecule has 0 bridgehead atoms. The number of ketones is 1. The average molecular weight is 410 g/mol. The molecule has 7 heteroatoms. The maximum atomic E-state index is 13.2. The first-order chi connectivity index (χ1) is 12.8. The fraction of sp³-hybridized carbons (Fsp3) is 0.200. The molecule has 0 N–H and O–H groups in total. The molecule has 2 aromatic carbocycles. The zero-order valence-corrected chi connectivity index (χ0v) is 15.3. The summed E-state index contributed by atoms with van der Waals surface area (Å²) in [5, 5.41) is 1.43. The quantitative estimate of drug-likeness (QED) is 0.458. The van der Waals surface area contributed by atoms with Gasteiger partial charge in [-0.25, -0.2) is 0 Å². The number of nitrogens with zero attached hydrogens (tertiary/aromatic N) is 1. The largest absolute Gasteiger partial charge is 0.392 e. The van der Waals surface area contributed by atoms with E-state index < -0.39 is 24.3 Å². The van der Waals surface area contributed by atoms with Crippen molar-refractivity contribution in [3.63, 3.8) is 0 Å². The highest BCUT2D eigenvalue weighted by atomic mass is 35.5. The van der Waals surface area contributed by atoms with Crippen LogP contribution in [0.25, 0.3) is 22.0 Å².